The van der Waals surface area contributed by atoms with Gasteiger partial charge in [-0.25, -0.2) is 33.4 Å². The Bertz CT molecular complexity index is 1430. The Hall–Kier alpha value is -1.83. The van der Waals surface area contributed by atoms with Crippen LogP contribution in [-0.4, -0.2) is 78.4 Å². The van der Waals surface area contributed by atoms with Gasteiger partial charge in [0.1, 0.15) is 24.1 Å². The molecule has 2 aromatic heterocycles. The second kappa shape index (κ2) is 11.7. The number of aromatic nitrogens is 4. The van der Waals surface area contributed by atoms with Gasteiger partial charge in [-0.1, -0.05) is 20.8 Å². The van der Waals surface area contributed by atoms with Gasteiger partial charge in [0.2, 0.25) is 0 Å². The molecular formula is C17H31N6O14P3Si. The summed E-state index contributed by atoms with van der Waals surface area (Å²) in [6.45, 7) is 8.59. The van der Waals surface area contributed by atoms with Gasteiger partial charge < -0.3 is 44.9 Å². The van der Waals surface area contributed by atoms with Crippen molar-refractivity contribution < 1.29 is 65.1 Å². The SMILES string of the molecule is CC(C)(C)[Si](C)(C)O[C@H]1[C@@H](OC(N)=O)[C@H](n2cnc3c(N)ncnc32)O[C@@H]1COP(=O)(O)OP(=O)(O)OP(=O)(O)O. The number of fused-ring (bicyclic) bond motifs is 1. The summed E-state index contributed by atoms with van der Waals surface area (Å²) >= 11 is 0. The van der Waals surface area contributed by atoms with Gasteiger partial charge in [0.05, 0.1) is 12.9 Å². The van der Waals surface area contributed by atoms with Crippen molar-refractivity contribution in [3.05, 3.63) is 12.7 Å². The average Bonchev–Trinajstić information content (AvgIpc) is 3.31. The number of imidazole rings is 1. The highest BCUT2D eigenvalue weighted by molar-refractivity contribution is 7.66. The third-order valence-electron chi connectivity index (χ3n) is 6.25. The van der Waals surface area contributed by atoms with E-state index in [1.807, 2.05) is 33.9 Å². The standard InChI is InChI=1S/C17H31N6O14P3Si/c1-17(2,3)41(4,5)35-11-9(6-32-39(28,29)37-40(30,31)36-38(25,26)27)33-15(12(11)34-16(19)24)23-8-22-10-13(18)20-7-21-14(10)23/h7-9,11-12,15H,6H2,1-5H3,(H2,19,24)(H,28,29)(H,30,31)(H2,18,20,21)(H2,25,26,27)/t9-,11-,12-,15-/m1/s1. The molecule has 24 heteroatoms. The molecule has 2 unspecified atom stereocenters. The molecule has 1 aliphatic rings. The lowest BCUT2D eigenvalue weighted by atomic mass is 10.1. The zero-order valence-electron chi connectivity index (χ0n) is 22.3. The molecule has 41 heavy (non-hydrogen) atoms. The number of nitrogens with two attached hydrogens (primary N) is 2. The Morgan fingerprint density at radius 1 is 1.07 bits per heavy atom. The van der Waals surface area contributed by atoms with E-state index in [9.17, 15) is 28.3 Å². The van der Waals surface area contributed by atoms with Gasteiger partial charge in [0.25, 0.3) is 0 Å². The van der Waals surface area contributed by atoms with Crippen LogP contribution in [0.1, 0.15) is 27.0 Å². The molecular weight excluding hydrogens is 633 g/mol. The Labute approximate surface area is 233 Å². The van der Waals surface area contributed by atoms with E-state index in [1.54, 1.807) is 0 Å². The maximum Gasteiger partial charge on any atom is 0.490 e. The first-order valence-electron chi connectivity index (χ1n) is 11.5. The summed E-state index contributed by atoms with van der Waals surface area (Å²) in [6.07, 6.45) is -3.90. The van der Waals surface area contributed by atoms with E-state index in [0.717, 1.165) is 6.33 Å². The molecule has 2 aromatic rings. The minimum Gasteiger partial charge on any atom is -0.439 e. The van der Waals surface area contributed by atoms with Crippen LogP contribution in [0.2, 0.25) is 18.1 Å². The molecule has 6 atom stereocenters. The summed E-state index contributed by atoms with van der Waals surface area (Å²) in [6, 6.07) is 0. The molecule has 0 bridgehead atoms. The Morgan fingerprint density at radius 3 is 2.27 bits per heavy atom. The van der Waals surface area contributed by atoms with Gasteiger partial charge in [-0.2, -0.15) is 8.62 Å². The number of anilines is 1. The molecule has 8 N–H and O–H groups in total. The van der Waals surface area contributed by atoms with Crippen LogP contribution in [0, 0.1) is 0 Å². The van der Waals surface area contributed by atoms with Crippen LogP contribution < -0.4 is 11.5 Å². The molecule has 3 heterocycles. The number of primary amides is 1. The monoisotopic (exact) mass is 664 g/mol. The van der Waals surface area contributed by atoms with Crippen molar-refractivity contribution in [3.63, 3.8) is 0 Å². The van der Waals surface area contributed by atoms with Crippen LogP contribution in [0.4, 0.5) is 10.6 Å². The van der Waals surface area contributed by atoms with Crippen molar-refractivity contribution >= 4 is 54.9 Å². The van der Waals surface area contributed by atoms with Crippen molar-refractivity contribution in [1.82, 2.24) is 19.5 Å². The van der Waals surface area contributed by atoms with Crippen LogP contribution in [0.5, 0.6) is 0 Å². The number of carbonyl (C=O) groups is 1. The Kier molecular flexibility index (Phi) is 9.60. The molecule has 232 valence electrons. The number of rotatable bonds is 11. The normalized spacial score (nSPS) is 25.1. The van der Waals surface area contributed by atoms with E-state index in [2.05, 4.69) is 23.6 Å². The fraction of sp³-hybridized carbons (Fsp3) is 0.647. The molecule has 0 saturated carbocycles. The summed E-state index contributed by atoms with van der Waals surface area (Å²) in [5.74, 6) is 0.0393. The third-order valence-corrected chi connectivity index (χ3v) is 14.5. The highest BCUT2D eigenvalue weighted by Gasteiger charge is 2.54. The fourth-order valence-corrected chi connectivity index (χ4v) is 7.86. The largest absolute Gasteiger partial charge is 0.490 e. The van der Waals surface area contributed by atoms with E-state index in [0.29, 0.717) is 0 Å². The van der Waals surface area contributed by atoms with Gasteiger partial charge in [-0.3, -0.25) is 9.09 Å². The number of nitrogens with zero attached hydrogens (tertiary/aromatic N) is 4. The van der Waals surface area contributed by atoms with Gasteiger partial charge in [0, 0.05) is 0 Å². The summed E-state index contributed by atoms with van der Waals surface area (Å²) in [5.41, 5.74) is 11.6. The summed E-state index contributed by atoms with van der Waals surface area (Å²) in [7, 11) is -19.6. The Balaban J connectivity index is 1.99. The quantitative estimate of drug-likeness (QED) is 0.146. The first-order valence-corrected chi connectivity index (χ1v) is 19.0. The Morgan fingerprint density at radius 2 is 1.71 bits per heavy atom. The molecule has 0 radical (unpaired) electrons. The molecule has 0 aromatic carbocycles. The molecule has 1 aliphatic heterocycles. The first-order chi connectivity index (χ1) is 18.5. The summed E-state index contributed by atoms with van der Waals surface area (Å²) < 4.78 is 66.6. The van der Waals surface area contributed by atoms with Gasteiger partial charge in [0.15, 0.2) is 32.1 Å². The maximum atomic E-state index is 12.4. The molecule has 1 fully saturated rings. The van der Waals surface area contributed by atoms with Gasteiger partial charge >= 0.3 is 29.6 Å². The van der Waals surface area contributed by atoms with E-state index in [-0.39, 0.29) is 17.0 Å². The van der Waals surface area contributed by atoms with Gasteiger partial charge in [-0.15, -0.1) is 0 Å². The zero-order chi connectivity index (χ0) is 31.2. The lowest BCUT2D eigenvalue weighted by molar-refractivity contribution is -0.0513. The lowest BCUT2D eigenvalue weighted by Gasteiger charge is -2.40. The van der Waals surface area contributed by atoms with Crippen molar-refractivity contribution in [2.75, 3.05) is 12.3 Å². The van der Waals surface area contributed by atoms with Crippen molar-refractivity contribution in [3.8, 4) is 0 Å². The maximum absolute atomic E-state index is 12.4. The molecule has 20 nitrogen and oxygen atoms in total. The smallest absolute Gasteiger partial charge is 0.439 e. The topological polar surface area (TPSA) is 300 Å². The van der Waals surface area contributed by atoms with Crippen LogP contribution in [0.25, 0.3) is 11.2 Å². The van der Waals surface area contributed by atoms with E-state index in [1.165, 1.54) is 10.9 Å². The zero-order valence-corrected chi connectivity index (χ0v) is 26.0. The second-order valence-corrected chi connectivity index (χ2v) is 19.5. The first kappa shape index (κ1) is 33.7. The number of hydrogen-bond acceptors (Lipinski definition) is 14. The number of nitrogen functional groups attached to an aromatic ring is 1. The number of phosphoric acid groups is 3. The van der Waals surface area contributed by atoms with Crippen molar-refractivity contribution in [2.24, 2.45) is 5.73 Å². The van der Waals surface area contributed by atoms with Crippen LogP contribution in [-0.2, 0) is 40.7 Å². The number of amides is 1. The number of phosphoric ester groups is 1. The second-order valence-electron chi connectivity index (χ2n) is 10.3. The minimum absolute atomic E-state index is 0.0393. The highest BCUT2D eigenvalue weighted by Crippen LogP contribution is 2.66. The third kappa shape index (κ3) is 8.38. The van der Waals surface area contributed by atoms with Crippen LogP contribution in [0.3, 0.4) is 0 Å². The van der Waals surface area contributed by atoms with E-state index in [4.69, 9.17) is 39.7 Å². The summed E-state index contributed by atoms with van der Waals surface area (Å²) in [4.78, 5) is 61.0. The molecule has 1 amide bonds. The highest BCUT2D eigenvalue weighted by atomic mass is 31.3. The summed E-state index contributed by atoms with van der Waals surface area (Å²) in [5, 5.41) is -0.393. The molecule has 1 saturated heterocycles. The molecule has 3 rings (SSSR count). The number of hydrogen-bond donors (Lipinski definition) is 6. The van der Waals surface area contributed by atoms with E-state index >= 15 is 0 Å². The fourth-order valence-electron chi connectivity index (χ4n) is 3.51. The predicted molar refractivity (Wildman–Crippen MR) is 140 cm³/mol. The minimum atomic E-state index is -5.77. The van der Waals surface area contributed by atoms with Crippen molar-refractivity contribution in [1.29, 1.82) is 0 Å². The average molecular weight is 664 g/mol. The predicted octanol–water partition coefficient (Wildman–Crippen LogP) is 1.50. The van der Waals surface area contributed by atoms with E-state index < -0.39 is 74.1 Å². The lowest BCUT2D eigenvalue weighted by Crippen LogP contribution is -2.51. The van der Waals surface area contributed by atoms with Crippen LogP contribution >= 0.6 is 23.5 Å². The van der Waals surface area contributed by atoms with Gasteiger partial charge in [-0.05, 0) is 18.1 Å². The number of ether oxygens (including phenoxy) is 2. The van der Waals surface area contributed by atoms with Crippen molar-refractivity contribution in [2.45, 2.75) is 63.4 Å². The number of carbonyl (C=O) groups excluding carboxylic acids is 1. The molecule has 0 aliphatic carbocycles. The van der Waals surface area contributed by atoms with Crippen LogP contribution in [0.15, 0.2) is 12.7 Å². The molecule has 0 spiro atoms.